The summed E-state index contributed by atoms with van der Waals surface area (Å²) in [6.07, 6.45) is 4.72. The quantitative estimate of drug-likeness (QED) is 0.348. The summed E-state index contributed by atoms with van der Waals surface area (Å²) >= 11 is 0. The molecule has 35 heavy (non-hydrogen) atoms. The first-order chi connectivity index (χ1) is 16.8. The predicted molar refractivity (Wildman–Crippen MR) is 126 cm³/mol. The molecule has 186 valence electrons. The average molecular weight is 488 g/mol. The van der Waals surface area contributed by atoms with Crippen molar-refractivity contribution in [1.82, 2.24) is 14.8 Å². The van der Waals surface area contributed by atoms with Crippen molar-refractivity contribution in [2.45, 2.75) is 50.7 Å². The molecule has 1 aliphatic carbocycles. The van der Waals surface area contributed by atoms with Gasteiger partial charge in [0.2, 0.25) is 0 Å². The van der Waals surface area contributed by atoms with E-state index < -0.39 is 17.7 Å². The molecule has 7 nitrogen and oxygen atoms in total. The molecular formula is C25H28F3N5O2. The SMILES string of the molecule is O=C(O)CCNc1ccc(C(Nc2ccc(-n3cc(C(F)(F)F)cn3)nc2)C2CCCCC2)cc1. The highest BCUT2D eigenvalue weighted by molar-refractivity contribution is 5.67. The van der Waals surface area contributed by atoms with E-state index in [4.69, 9.17) is 5.11 Å². The van der Waals surface area contributed by atoms with Crippen LogP contribution in [0.3, 0.4) is 0 Å². The smallest absolute Gasteiger partial charge is 0.419 e. The van der Waals surface area contributed by atoms with Gasteiger partial charge in [-0.15, -0.1) is 0 Å². The van der Waals surface area contributed by atoms with Crippen LogP contribution in [-0.2, 0) is 11.0 Å². The van der Waals surface area contributed by atoms with Crippen LogP contribution in [0.5, 0.6) is 0 Å². The first kappa shape index (κ1) is 24.6. The Labute approximate surface area is 201 Å². The van der Waals surface area contributed by atoms with Crippen LogP contribution in [0.1, 0.15) is 55.7 Å². The van der Waals surface area contributed by atoms with Crippen LogP contribution in [0.25, 0.3) is 5.82 Å². The number of hydrogen-bond donors (Lipinski definition) is 3. The summed E-state index contributed by atoms with van der Waals surface area (Å²) in [6, 6.07) is 11.5. The summed E-state index contributed by atoms with van der Waals surface area (Å²) in [5, 5.41) is 19.3. The molecule has 1 fully saturated rings. The Balaban J connectivity index is 1.48. The number of anilines is 2. The Morgan fingerprint density at radius 3 is 2.37 bits per heavy atom. The van der Waals surface area contributed by atoms with Crippen molar-refractivity contribution < 1.29 is 23.1 Å². The second-order valence-corrected chi connectivity index (χ2v) is 8.79. The zero-order chi connectivity index (χ0) is 24.8. The lowest BCUT2D eigenvalue weighted by molar-refractivity contribution is -0.138. The molecule has 0 bridgehead atoms. The highest BCUT2D eigenvalue weighted by atomic mass is 19.4. The molecule has 0 spiro atoms. The van der Waals surface area contributed by atoms with Crippen LogP contribution in [-0.4, -0.2) is 32.4 Å². The van der Waals surface area contributed by atoms with Crippen LogP contribution >= 0.6 is 0 Å². The summed E-state index contributed by atoms with van der Waals surface area (Å²) in [6.45, 7) is 0.359. The molecule has 2 aromatic heterocycles. The lowest BCUT2D eigenvalue weighted by Gasteiger charge is -2.32. The predicted octanol–water partition coefficient (Wildman–Crippen LogP) is 5.91. The third-order valence-corrected chi connectivity index (χ3v) is 6.27. The molecule has 4 rings (SSSR count). The molecule has 0 radical (unpaired) electrons. The first-order valence-electron chi connectivity index (χ1n) is 11.7. The number of carboxylic acids is 1. The molecule has 0 amide bonds. The summed E-state index contributed by atoms with van der Waals surface area (Å²) in [5.41, 5.74) is 1.93. The van der Waals surface area contributed by atoms with E-state index in [0.717, 1.165) is 46.9 Å². The molecule has 0 saturated heterocycles. The molecule has 0 aliphatic heterocycles. The van der Waals surface area contributed by atoms with Gasteiger partial charge in [0.25, 0.3) is 0 Å². The van der Waals surface area contributed by atoms with Gasteiger partial charge in [-0.1, -0.05) is 31.4 Å². The van der Waals surface area contributed by atoms with Gasteiger partial charge in [-0.05, 0) is 48.6 Å². The maximum Gasteiger partial charge on any atom is 0.419 e. The van der Waals surface area contributed by atoms with Gasteiger partial charge in [0.05, 0.1) is 36.1 Å². The Hall–Kier alpha value is -3.56. The van der Waals surface area contributed by atoms with Gasteiger partial charge in [-0.3, -0.25) is 4.79 Å². The number of pyridine rings is 1. The maximum absolute atomic E-state index is 12.9. The van der Waals surface area contributed by atoms with Gasteiger partial charge < -0.3 is 15.7 Å². The van der Waals surface area contributed by atoms with Crippen LogP contribution in [0.4, 0.5) is 24.5 Å². The zero-order valence-electron chi connectivity index (χ0n) is 19.1. The van der Waals surface area contributed by atoms with Crippen LogP contribution in [0.2, 0.25) is 0 Å². The number of halogens is 3. The molecule has 1 saturated carbocycles. The summed E-state index contributed by atoms with van der Waals surface area (Å²) in [5.74, 6) is -0.101. The number of benzene rings is 1. The first-order valence-corrected chi connectivity index (χ1v) is 11.7. The number of aromatic nitrogens is 3. The van der Waals surface area contributed by atoms with Crippen molar-refractivity contribution in [2.75, 3.05) is 17.2 Å². The van der Waals surface area contributed by atoms with Crippen molar-refractivity contribution in [3.05, 3.63) is 66.1 Å². The Morgan fingerprint density at radius 2 is 1.77 bits per heavy atom. The maximum atomic E-state index is 12.9. The third kappa shape index (κ3) is 6.52. The minimum atomic E-state index is -4.45. The van der Waals surface area contributed by atoms with Gasteiger partial charge in [-0.25, -0.2) is 9.67 Å². The van der Waals surface area contributed by atoms with Gasteiger partial charge in [0, 0.05) is 18.4 Å². The number of carbonyl (C=O) groups is 1. The molecule has 3 aromatic rings. The second-order valence-electron chi connectivity index (χ2n) is 8.79. The van der Waals surface area contributed by atoms with E-state index in [1.165, 1.54) is 19.3 Å². The van der Waals surface area contributed by atoms with Gasteiger partial charge >= 0.3 is 12.1 Å². The number of nitrogens with zero attached hydrogens (tertiary/aromatic N) is 3. The normalized spacial score (nSPS) is 15.5. The fourth-order valence-electron chi connectivity index (χ4n) is 4.44. The van der Waals surface area contributed by atoms with Crippen LogP contribution in [0, 0.1) is 5.92 Å². The van der Waals surface area contributed by atoms with Crippen LogP contribution < -0.4 is 10.6 Å². The van der Waals surface area contributed by atoms with E-state index in [-0.39, 0.29) is 12.5 Å². The molecule has 2 heterocycles. The highest BCUT2D eigenvalue weighted by Crippen LogP contribution is 2.37. The van der Waals surface area contributed by atoms with Gasteiger partial charge in [0.1, 0.15) is 0 Å². The zero-order valence-corrected chi connectivity index (χ0v) is 19.1. The Kier molecular flexibility index (Phi) is 7.57. The van der Waals surface area contributed by atoms with Crippen molar-refractivity contribution in [1.29, 1.82) is 0 Å². The standard InChI is InChI=1S/C25H28F3N5O2/c26-25(27,28)19-14-31-33(16-19)22-11-10-21(15-30-22)32-24(17-4-2-1-3-5-17)18-6-8-20(9-7-18)29-13-12-23(34)35/h6-11,14-17,24,29,32H,1-5,12-13H2,(H,34,35). The van der Waals surface area contributed by atoms with E-state index in [1.807, 2.05) is 24.3 Å². The van der Waals surface area contributed by atoms with Gasteiger partial charge in [0.15, 0.2) is 5.82 Å². The number of aliphatic carboxylic acids is 1. The Morgan fingerprint density at radius 1 is 1.06 bits per heavy atom. The molecule has 3 N–H and O–H groups in total. The van der Waals surface area contributed by atoms with E-state index in [9.17, 15) is 18.0 Å². The minimum Gasteiger partial charge on any atom is -0.481 e. The number of rotatable bonds is 9. The minimum absolute atomic E-state index is 0.0487. The number of nitrogens with one attached hydrogen (secondary N) is 2. The topological polar surface area (TPSA) is 92.1 Å². The fourth-order valence-corrected chi connectivity index (χ4v) is 4.44. The Bertz CT molecular complexity index is 1110. The highest BCUT2D eigenvalue weighted by Gasteiger charge is 2.32. The third-order valence-electron chi connectivity index (χ3n) is 6.27. The van der Waals surface area contributed by atoms with E-state index in [1.54, 1.807) is 18.3 Å². The number of carboxylic acid groups (broad SMARTS) is 1. The van der Waals surface area contributed by atoms with E-state index in [2.05, 4.69) is 20.7 Å². The second kappa shape index (κ2) is 10.8. The molecular weight excluding hydrogens is 459 g/mol. The lowest BCUT2D eigenvalue weighted by Crippen LogP contribution is -2.23. The van der Waals surface area contributed by atoms with Crippen molar-refractivity contribution >= 4 is 17.3 Å². The number of alkyl halides is 3. The van der Waals surface area contributed by atoms with Crippen molar-refractivity contribution in [3.8, 4) is 5.82 Å². The molecule has 1 aromatic carbocycles. The summed E-state index contributed by atoms with van der Waals surface area (Å²) in [4.78, 5) is 15.0. The van der Waals surface area contributed by atoms with E-state index in [0.29, 0.717) is 18.3 Å². The van der Waals surface area contributed by atoms with Crippen molar-refractivity contribution in [3.63, 3.8) is 0 Å². The number of hydrogen-bond acceptors (Lipinski definition) is 5. The lowest BCUT2D eigenvalue weighted by atomic mass is 9.81. The largest absolute Gasteiger partial charge is 0.481 e. The molecule has 1 aliphatic rings. The average Bonchev–Trinajstić information content (AvgIpc) is 3.35. The van der Waals surface area contributed by atoms with Crippen LogP contribution in [0.15, 0.2) is 55.0 Å². The molecule has 1 unspecified atom stereocenters. The molecule has 1 atom stereocenters. The summed E-state index contributed by atoms with van der Waals surface area (Å²) < 4.78 is 39.7. The fraction of sp³-hybridized carbons (Fsp3) is 0.400. The van der Waals surface area contributed by atoms with Crippen molar-refractivity contribution in [2.24, 2.45) is 5.92 Å². The molecule has 10 heteroatoms. The van der Waals surface area contributed by atoms with Gasteiger partial charge in [-0.2, -0.15) is 18.3 Å². The monoisotopic (exact) mass is 487 g/mol. The summed E-state index contributed by atoms with van der Waals surface area (Å²) in [7, 11) is 0. The van der Waals surface area contributed by atoms with E-state index >= 15 is 0 Å².